The van der Waals surface area contributed by atoms with E-state index in [1.165, 1.54) is 7.11 Å². The number of phenols is 1. The first-order chi connectivity index (χ1) is 9.84. The molecule has 0 aliphatic heterocycles. The van der Waals surface area contributed by atoms with E-state index in [1.807, 2.05) is 0 Å². The highest BCUT2D eigenvalue weighted by Gasteiger charge is 2.22. The molecule has 0 spiro atoms. The molecular formula is C14H12O6S. The van der Waals surface area contributed by atoms with Crippen molar-refractivity contribution in [2.45, 2.75) is 4.90 Å². The summed E-state index contributed by atoms with van der Waals surface area (Å²) in [6.45, 7) is 0. The molecular weight excluding hydrogens is 296 g/mol. The van der Waals surface area contributed by atoms with Gasteiger partial charge in [0.1, 0.15) is 16.4 Å². The van der Waals surface area contributed by atoms with Gasteiger partial charge >= 0.3 is 0 Å². The molecule has 0 aliphatic carbocycles. The standard InChI is InChI=1S/C14H12O6S/c1-20-12-8-13(21(17,18)19)11(15)7-10(12)14(16)9-5-3-2-4-6-9/h2-8,15H,1H3,(H,17,18,19). The van der Waals surface area contributed by atoms with Crippen molar-refractivity contribution in [3.63, 3.8) is 0 Å². The van der Waals surface area contributed by atoms with E-state index in [0.29, 0.717) is 5.56 Å². The normalized spacial score (nSPS) is 11.1. The first kappa shape index (κ1) is 15.0. The van der Waals surface area contributed by atoms with Gasteiger partial charge in [-0.15, -0.1) is 0 Å². The van der Waals surface area contributed by atoms with Gasteiger partial charge < -0.3 is 9.84 Å². The molecule has 0 aromatic heterocycles. The predicted molar refractivity (Wildman–Crippen MR) is 74.3 cm³/mol. The molecule has 0 atom stereocenters. The number of ether oxygens (including phenoxy) is 1. The van der Waals surface area contributed by atoms with Crippen LogP contribution in [0.3, 0.4) is 0 Å². The molecule has 0 aliphatic rings. The van der Waals surface area contributed by atoms with Crippen LogP contribution in [0.25, 0.3) is 0 Å². The summed E-state index contributed by atoms with van der Waals surface area (Å²) in [4.78, 5) is 11.6. The SMILES string of the molecule is COc1cc(S(=O)(=O)O)c(O)cc1C(=O)c1ccccc1. The summed E-state index contributed by atoms with van der Waals surface area (Å²) in [5, 5.41) is 9.70. The second kappa shape index (κ2) is 5.55. The fraction of sp³-hybridized carbons (Fsp3) is 0.0714. The summed E-state index contributed by atoms with van der Waals surface area (Å²) >= 11 is 0. The summed E-state index contributed by atoms with van der Waals surface area (Å²) in [6, 6.07) is 10.1. The number of ketones is 1. The molecule has 110 valence electrons. The van der Waals surface area contributed by atoms with E-state index in [0.717, 1.165) is 12.1 Å². The van der Waals surface area contributed by atoms with Gasteiger partial charge in [-0.3, -0.25) is 9.35 Å². The van der Waals surface area contributed by atoms with Crippen LogP contribution in [0.5, 0.6) is 11.5 Å². The van der Waals surface area contributed by atoms with Crippen molar-refractivity contribution < 1.29 is 27.6 Å². The van der Waals surface area contributed by atoms with Crippen LogP contribution < -0.4 is 4.74 Å². The van der Waals surface area contributed by atoms with Crippen LogP contribution in [-0.4, -0.2) is 31.0 Å². The Bertz CT molecular complexity index is 781. The summed E-state index contributed by atoms with van der Waals surface area (Å²) in [7, 11) is -3.36. The molecule has 0 heterocycles. The van der Waals surface area contributed by atoms with Crippen molar-refractivity contribution in [2.24, 2.45) is 0 Å². The molecule has 2 rings (SSSR count). The minimum absolute atomic E-state index is 0.00593. The van der Waals surface area contributed by atoms with E-state index in [-0.39, 0.29) is 11.3 Å². The fourth-order valence-corrected chi connectivity index (χ4v) is 2.43. The van der Waals surface area contributed by atoms with Crippen molar-refractivity contribution in [3.05, 3.63) is 53.6 Å². The minimum Gasteiger partial charge on any atom is -0.506 e. The second-order valence-electron chi connectivity index (χ2n) is 4.19. The van der Waals surface area contributed by atoms with Crippen LogP contribution in [0.4, 0.5) is 0 Å². The molecule has 2 N–H and O–H groups in total. The van der Waals surface area contributed by atoms with E-state index >= 15 is 0 Å². The quantitative estimate of drug-likeness (QED) is 0.660. The highest BCUT2D eigenvalue weighted by atomic mass is 32.2. The Morgan fingerprint density at radius 1 is 1.14 bits per heavy atom. The van der Waals surface area contributed by atoms with E-state index < -0.39 is 26.5 Å². The zero-order chi connectivity index (χ0) is 15.6. The molecule has 7 heteroatoms. The summed E-state index contributed by atoms with van der Waals surface area (Å²) in [5.41, 5.74) is 0.350. The van der Waals surface area contributed by atoms with Gasteiger partial charge in [0.2, 0.25) is 0 Å². The van der Waals surface area contributed by atoms with Crippen LogP contribution in [0.15, 0.2) is 47.4 Å². The number of carbonyl (C=O) groups excluding carboxylic acids is 1. The molecule has 0 fully saturated rings. The molecule has 2 aromatic rings. The Kier molecular flexibility index (Phi) is 3.97. The molecule has 0 saturated carbocycles. The second-order valence-corrected chi connectivity index (χ2v) is 5.58. The number of carbonyl (C=O) groups is 1. The highest BCUT2D eigenvalue weighted by molar-refractivity contribution is 7.86. The van der Waals surface area contributed by atoms with Gasteiger partial charge in [0, 0.05) is 11.6 Å². The number of rotatable bonds is 4. The number of methoxy groups -OCH3 is 1. The molecule has 0 saturated heterocycles. The fourth-order valence-electron chi connectivity index (χ4n) is 1.85. The van der Waals surface area contributed by atoms with Crippen molar-refractivity contribution >= 4 is 15.9 Å². The van der Waals surface area contributed by atoms with Crippen molar-refractivity contribution in [1.29, 1.82) is 0 Å². The lowest BCUT2D eigenvalue weighted by Crippen LogP contribution is -2.06. The maximum Gasteiger partial charge on any atom is 0.298 e. The van der Waals surface area contributed by atoms with Crippen LogP contribution in [0.2, 0.25) is 0 Å². The van der Waals surface area contributed by atoms with Gasteiger partial charge in [0.05, 0.1) is 12.7 Å². The Morgan fingerprint density at radius 2 is 1.76 bits per heavy atom. The van der Waals surface area contributed by atoms with Crippen LogP contribution in [-0.2, 0) is 10.1 Å². The van der Waals surface area contributed by atoms with Gasteiger partial charge in [-0.05, 0) is 6.07 Å². The first-order valence-electron chi connectivity index (χ1n) is 5.83. The number of hydrogen-bond donors (Lipinski definition) is 2. The average molecular weight is 308 g/mol. The van der Waals surface area contributed by atoms with E-state index in [4.69, 9.17) is 9.29 Å². The van der Waals surface area contributed by atoms with Gasteiger partial charge in [0.25, 0.3) is 10.1 Å². The predicted octanol–water partition coefficient (Wildman–Crippen LogP) is 1.88. The van der Waals surface area contributed by atoms with Gasteiger partial charge in [-0.2, -0.15) is 8.42 Å². The monoisotopic (exact) mass is 308 g/mol. The maximum absolute atomic E-state index is 12.3. The molecule has 2 aromatic carbocycles. The summed E-state index contributed by atoms with van der Waals surface area (Å²) < 4.78 is 36.2. The number of benzene rings is 2. The Labute approximate surface area is 121 Å². The Hall–Kier alpha value is -2.38. The molecule has 0 bridgehead atoms. The smallest absolute Gasteiger partial charge is 0.298 e. The topological polar surface area (TPSA) is 101 Å². The minimum atomic E-state index is -4.61. The molecule has 0 amide bonds. The Morgan fingerprint density at radius 3 is 2.29 bits per heavy atom. The zero-order valence-corrected chi connectivity index (χ0v) is 11.8. The average Bonchev–Trinajstić information content (AvgIpc) is 2.46. The summed E-state index contributed by atoms with van der Waals surface area (Å²) in [5.74, 6) is -1.23. The lowest BCUT2D eigenvalue weighted by Gasteiger charge is -2.10. The van der Waals surface area contributed by atoms with Crippen molar-refractivity contribution in [2.75, 3.05) is 7.11 Å². The van der Waals surface area contributed by atoms with E-state index in [2.05, 4.69) is 0 Å². The first-order valence-corrected chi connectivity index (χ1v) is 7.27. The van der Waals surface area contributed by atoms with Gasteiger partial charge in [-0.25, -0.2) is 0 Å². The largest absolute Gasteiger partial charge is 0.506 e. The van der Waals surface area contributed by atoms with Crippen LogP contribution >= 0.6 is 0 Å². The van der Waals surface area contributed by atoms with Crippen LogP contribution in [0.1, 0.15) is 15.9 Å². The van der Waals surface area contributed by atoms with E-state index in [9.17, 15) is 18.3 Å². The highest BCUT2D eigenvalue weighted by Crippen LogP contribution is 2.32. The molecule has 0 unspecified atom stereocenters. The van der Waals surface area contributed by atoms with E-state index in [1.54, 1.807) is 30.3 Å². The van der Waals surface area contributed by atoms with Gasteiger partial charge in [-0.1, -0.05) is 30.3 Å². The third-order valence-electron chi connectivity index (χ3n) is 2.84. The zero-order valence-electron chi connectivity index (χ0n) is 11.0. The number of hydrogen-bond acceptors (Lipinski definition) is 5. The van der Waals surface area contributed by atoms with Gasteiger partial charge in [0.15, 0.2) is 5.78 Å². The van der Waals surface area contributed by atoms with Crippen molar-refractivity contribution in [3.8, 4) is 11.5 Å². The lowest BCUT2D eigenvalue weighted by molar-refractivity contribution is 0.103. The Balaban J connectivity index is 2.61. The third kappa shape index (κ3) is 3.04. The van der Waals surface area contributed by atoms with Crippen LogP contribution in [0, 0.1) is 0 Å². The van der Waals surface area contributed by atoms with Crippen molar-refractivity contribution in [1.82, 2.24) is 0 Å². The number of phenolic OH excluding ortho intramolecular Hbond substituents is 1. The maximum atomic E-state index is 12.3. The molecule has 6 nitrogen and oxygen atoms in total. The number of aromatic hydroxyl groups is 1. The lowest BCUT2D eigenvalue weighted by atomic mass is 10.0. The third-order valence-corrected chi connectivity index (χ3v) is 3.72. The summed E-state index contributed by atoms with van der Waals surface area (Å²) in [6.07, 6.45) is 0. The molecule has 21 heavy (non-hydrogen) atoms. The molecule has 0 radical (unpaired) electrons.